The van der Waals surface area contributed by atoms with Gasteiger partial charge in [0.05, 0.1) is 6.04 Å². The van der Waals surface area contributed by atoms with Crippen LogP contribution in [0, 0.1) is 13.8 Å². The number of rotatable bonds is 6. The van der Waals surface area contributed by atoms with E-state index in [0.717, 1.165) is 16.8 Å². The normalized spacial score (nSPS) is 10.8. The molecule has 0 aliphatic carbocycles. The van der Waals surface area contributed by atoms with Crippen LogP contribution in [0.2, 0.25) is 0 Å². The third-order valence-electron chi connectivity index (χ3n) is 4.92. The van der Waals surface area contributed by atoms with Crippen LogP contribution in [-0.4, -0.2) is 9.97 Å². The molecule has 4 N–H and O–H groups in total. The van der Waals surface area contributed by atoms with Crippen molar-refractivity contribution in [1.29, 1.82) is 0 Å². The van der Waals surface area contributed by atoms with Gasteiger partial charge in [0, 0.05) is 5.69 Å². The second-order valence-corrected chi connectivity index (χ2v) is 7.38. The minimum Gasteiger partial charge on any atom is -0.393 e. The first-order valence-corrected chi connectivity index (χ1v) is 9.92. The maximum absolute atomic E-state index is 6.46. The van der Waals surface area contributed by atoms with Crippen LogP contribution in [0.15, 0.2) is 85.2 Å². The predicted octanol–water partition coefficient (Wildman–Crippen LogP) is 5.62. The van der Waals surface area contributed by atoms with Gasteiger partial charge in [0.15, 0.2) is 11.6 Å². The molecular weight excluding hydrogens is 370 g/mol. The summed E-state index contributed by atoms with van der Waals surface area (Å²) in [5, 5.41) is 6.84. The summed E-state index contributed by atoms with van der Waals surface area (Å²) in [6.45, 7) is 4.14. The van der Waals surface area contributed by atoms with E-state index < -0.39 is 0 Å². The number of nitrogens with one attached hydrogen (secondary N) is 2. The van der Waals surface area contributed by atoms with Crippen molar-refractivity contribution >= 4 is 23.0 Å². The van der Waals surface area contributed by atoms with Crippen molar-refractivity contribution < 1.29 is 0 Å². The zero-order valence-corrected chi connectivity index (χ0v) is 17.1. The van der Waals surface area contributed by atoms with Crippen molar-refractivity contribution in [2.75, 3.05) is 16.4 Å². The number of aromatic nitrogens is 2. The molecule has 4 rings (SSSR count). The standard InChI is InChI=1S/C25H25N5/c1-17-13-18(2)15-21(14-17)29-24-22(26)25(28-16-27-24)30-23(19-9-5-3-6-10-19)20-11-7-4-8-12-20/h3-16,23H,26H2,1-2H3,(H2,27,28,29,30). The molecule has 4 aromatic rings. The highest BCUT2D eigenvalue weighted by molar-refractivity contribution is 5.78. The van der Waals surface area contributed by atoms with E-state index >= 15 is 0 Å². The van der Waals surface area contributed by atoms with Gasteiger partial charge in [0.2, 0.25) is 0 Å². The molecule has 5 nitrogen and oxygen atoms in total. The van der Waals surface area contributed by atoms with Gasteiger partial charge in [-0.05, 0) is 48.2 Å². The first-order valence-electron chi connectivity index (χ1n) is 9.92. The number of nitrogen functional groups attached to an aromatic ring is 1. The summed E-state index contributed by atoms with van der Waals surface area (Å²) in [6.07, 6.45) is 1.52. The molecule has 0 saturated carbocycles. The van der Waals surface area contributed by atoms with Gasteiger partial charge in [0.25, 0.3) is 0 Å². The highest BCUT2D eigenvalue weighted by atomic mass is 15.1. The number of hydrogen-bond acceptors (Lipinski definition) is 5. The molecule has 0 atom stereocenters. The summed E-state index contributed by atoms with van der Waals surface area (Å²) < 4.78 is 0. The molecule has 1 heterocycles. The molecular formula is C25H25N5. The lowest BCUT2D eigenvalue weighted by molar-refractivity contribution is 0.924. The molecule has 0 aliphatic heterocycles. The van der Waals surface area contributed by atoms with Crippen molar-refractivity contribution in [3.8, 4) is 0 Å². The molecule has 0 amide bonds. The Kier molecular flexibility index (Phi) is 5.61. The Hall–Kier alpha value is -3.86. The fourth-order valence-electron chi connectivity index (χ4n) is 3.58. The summed E-state index contributed by atoms with van der Waals surface area (Å²) in [4.78, 5) is 8.78. The number of anilines is 4. The summed E-state index contributed by atoms with van der Waals surface area (Å²) in [5.74, 6) is 1.17. The van der Waals surface area contributed by atoms with Crippen LogP contribution >= 0.6 is 0 Å². The van der Waals surface area contributed by atoms with Crippen molar-refractivity contribution in [3.63, 3.8) is 0 Å². The second kappa shape index (κ2) is 8.66. The van der Waals surface area contributed by atoms with E-state index in [-0.39, 0.29) is 6.04 Å². The SMILES string of the molecule is Cc1cc(C)cc(Nc2ncnc(NC(c3ccccc3)c3ccccc3)c2N)c1. The number of benzene rings is 3. The van der Waals surface area contributed by atoms with Crippen molar-refractivity contribution in [2.45, 2.75) is 19.9 Å². The minimum absolute atomic E-state index is 0.0846. The number of hydrogen-bond donors (Lipinski definition) is 3. The van der Waals surface area contributed by atoms with Crippen molar-refractivity contribution in [3.05, 3.63) is 107 Å². The quantitative estimate of drug-likeness (QED) is 0.395. The van der Waals surface area contributed by atoms with Gasteiger partial charge in [0.1, 0.15) is 12.0 Å². The summed E-state index contributed by atoms with van der Waals surface area (Å²) in [5.41, 5.74) is 12.5. The van der Waals surface area contributed by atoms with Crippen LogP contribution < -0.4 is 16.4 Å². The zero-order valence-electron chi connectivity index (χ0n) is 17.1. The Labute approximate surface area is 177 Å². The lowest BCUT2D eigenvalue weighted by atomic mass is 9.99. The smallest absolute Gasteiger partial charge is 0.159 e. The van der Waals surface area contributed by atoms with E-state index in [9.17, 15) is 0 Å². The molecule has 0 bridgehead atoms. The van der Waals surface area contributed by atoms with E-state index in [2.05, 4.69) is 76.9 Å². The molecule has 0 radical (unpaired) electrons. The molecule has 0 spiro atoms. The molecule has 0 aliphatic rings. The van der Waals surface area contributed by atoms with Crippen LogP contribution in [0.5, 0.6) is 0 Å². The molecule has 0 unspecified atom stereocenters. The Morgan fingerprint density at radius 3 is 1.83 bits per heavy atom. The lowest BCUT2D eigenvalue weighted by Gasteiger charge is -2.22. The van der Waals surface area contributed by atoms with E-state index in [1.807, 2.05) is 36.4 Å². The maximum atomic E-state index is 6.46. The first kappa shape index (κ1) is 19.5. The van der Waals surface area contributed by atoms with E-state index in [4.69, 9.17) is 5.73 Å². The number of aryl methyl sites for hydroxylation is 2. The molecule has 5 heteroatoms. The van der Waals surface area contributed by atoms with Crippen LogP contribution in [0.4, 0.5) is 23.0 Å². The van der Waals surface area contributed by atoms with Crippen LogP contribution in [-0.2, 0) is 0 Å². The van der Waals surface area contributed by atoms with Gasteiger partial charge >= 0.3 is 0 Å². The van der Waals surface area contributed by atoms with E-state index in [1.165, 1.54) is 17.5 Å². The van der Waals surface area contributed by atoms with Crippen LogP contribution in [0.1, 0.15) is 28.3 Å². The molecule has 0 saturated heterocycles. The van der Waals surface area contributed by atoms with Crippen LogP contribution in [0.3, 0.4) is 0 Å². The van der Waals surface area contributed by atoms with Crippen molar-refractivity contribution in [1.82, 2.24) is 9.97 Å². The first-order chi connectivity index (χ1) is 14.6. The monoisotopic (exact) mass is 395 g/mol. The van der Waals surface area contributed by atoms with Gasteiger partial charge in [-0.15, -0.1) is 0 Å². The maximum Gasteiger partial charge on any atom is 0.159 e. The Morgan fingerprint density at radius 1 is 0.733 bits per heavy atom. The largest absolute Gasteiger partial charge is 0.393 e. The summed E-state index contributed by atoms with van der Waals surface area (Å²) >= 11 is 0. The Bertz CT molecular complexity index is 1070. The third kappa shape index (κ3) is 4.41. The third-order valence-corrected chi connectivity index (χ3v) is 4.92. The Balaban J connectivity index is 1.67. The van der Waals surface area contributed by atoms with Gasteiger partial charge in [-0.2, -0.15) is 0 Å². The predicted molar refractivity (Wildman–Crippen MR) is 124 cm³/mol. The fraction of sp³-hybridized carbons (Fsp3) is 0.120. The summed E-state index contributed by atoms with van der Waals surface area (Å²) in [7, 11) is 0. The van der Waals surface area contributed by atoms with Gasteiger partial charge in [-0.1, -0.05) is 66.7 Å². The molecule has 30 heavy (non-hydrogen) atoms. The van der Waals surface area contributed by atoms with Crippen molar-refractivity contribution in [2.24, 2.45) is 0 Å². The lowest BCUT2D eigenvalue weighted by Crippen LogP contribution is -2.15. The number of nitrogens with two attached hydrogens (primary N) is 1. The molecule has 1 aromatic heterocycles. The highest BCUT2D eigenvalue weighted by Gasteiger charge is 2.17. The van der Waals surface area contributed by atoms with Crippen LogP contribution in [0.25, 0.3) is 0 Å². The van der Waals surface area contributed by atoms with Gasteiger partial charge < -0.3 is 16.4 Å². The molecule has 0 fully saturated rings. The van der Waals surface area contributed by atoms with Gasteiger partial charge in [-0.3, -0.25) is 0 Å². The summed E-state index contributed by atoms with van der Waals surface area (Å²) in [6, 6.07) is 26.7. The molecule has 150 valence electrons. The minimum atomic E-state index is -0.0846. The fourth-order valence-corrected chi connectivity index (χ4v) is 3.58. The van der Waals surface area contributed by atoms with E-state index in [0.29, 0.717) is 17.3 Å². The molecule has 3 aromatic carbocycles. The van der Waals surface area contributed by atoms with E-state index in [1.54, 1.807) is 0 Å². The second-order valence-electron chi connectivity index (χ2n) is 7.38. The zero-order chi connectivity index (χ0) is 20.9. The Morgan fingerprint density at radius 2 is 1.27 bits per heavy atom. The average molecular weight is 396 g/mol. The highest BCUT2D eigenvalue weighted by Crippen LogP contribution is 2.31. The number of nitrogens with zero attached hydrogens (tertiary/aromatic N) is 2. The van der Waals surface area contributed by atoms with Gasteiger partial charge in [-0.25, -0.2) is 9.97 Å². The average Bonchev–Trinajstić information content (AvgIpc) is 2.75. The topological polar surface area (TPSA) is 75.9 Å².